The second kappa shape index (κ2) is 8.28. The predicted octanol–water partition coefficient (Wildman–Crippen LogP) is 2.79. The van der Waals surface area contributed by atoms with Crippen molar-refractivity contribution in [1.29, 1.82) is 0 Å². The maximum atomic E-state index is 12.8. The van der Waals surface area contributed by atoms with Gasteiger partial charge in [-0.05, 0) is 42.5 Å². The molecule has 134 valence electrons. The van der Waals surface area contributed by atoms with E-state index in [0.717, 1.165) is 24.3 Å². The molecule has 0 aromatic heterocycles. The van der Waals surface area contributed by atoms with Crippen LogP contribution in [0.25, 0.3) is 0 Å². The Hall–Kier alpha value is -2.16. The van der Waals surface area contributed by atoms with Crippen LogP contribution < -0.4 is 14.8 Å². The summed E-state index contributed by atoms with van der Waals surface area (Å²) in [5.74, 6) is -0.439. The van der Waals surface area contributed by atoms with Gasteiger partial charge in [0.1, 0.15) is 11.6 Å². The van der Waals surface area contributed by atoms with Crippen molar-refractivity contribution in [2.75, 3.05) is 19.0 Å². The summed E-state index contributed by atoms with van der Waals surface area (Å²) in [6.45, 7) is -0.102. The number of hydrogen-bond acceptors (Lipinski definition) is 4. The standard InChI is InChI=1S/C16H16ClFN2O4S/c1-24-15-7-4-12(10-14(15)17)20-16(21)8-9-19-25(22,23)13-5-2-11(18)3-6-13/h2-7,10,19H,8-9H2,1H3,(H,20,21). The Labute approximate surface area is 150 Å². The summed E-state index contributed by atoms with van der Waals surface area (Å²) < 4.78 is 44.1. The molecule has 0 aliphatic rings. The first kappa shape index (κ1) is 19.2. The Morgan fingerprint density at radius 1 is 1.20 bits per heavy atom. The number of hydrogen-bond donors (Lipinski definition) is 2. The van der Waals surface area contributed by atoms with E-state index in [1.54, 1.807) is 12.1 Å². The maximum absolute atomic E-state index is 12.8. The number of sulfonamides is 1. The molecule has 2 aromatic rings. The maximum Gasteiger partial charge on any atom is 0.240 e. The fourth-order valence-corrected chi connectivity index (χ4v) is 3.25. The van der Waals surface area contributed by atoms with E-state index in [4.69, 9.17) is 16.3 Å². The summed E-state index contributed by atoms with van der Waals surface area (Å²) in [6, 6.07) is 9.15. The van der Waals surface area contributed by atoms with Crippen LogP contribution >= 0.6 is 11.6 Å². The second-order valence-electron chi connectivity index (χ2n) is 5.00. The van der Waals surface area contributed by atoms with E-state index >= 15 is 0 Å². The van der Waals surface area contributed by atoms with Crippen molar-refractivity contribution in [3.63, 3.8) is 0 Å². The zero-order chi connectivity index (χ0) is 18.4. The average molecular weight is 387 g/mol. The van der Waals surface area contributed by atoms with Crippen LogP contribution in [0.1, 0.15) is 6.42 Å². The van der Waals surface area contributed by atoms with Crippen LogP contribution in [0.4, 0.5) is 10.1 Å². The Kier molecular flexibility index (Phi) is 6.35. The lowest BCUT2D eigenvalue weighted by molar-refractivity contribution is -0.116. The molecule has 0 radical (unpaired) electrons. The van der Waals surface area contributed by atoms with E-state index in [1.165, 1.54) is 13.2 Å². The largest absolute Gasteiger partial charge is 0.495 e. The highest BCUT2D eigenvalue weighted by molar-refractivity contribution is 7.89. The molecule has 2 N–H and O–H groups in total. The minimum atomic E-state index is -3.80. The quantitative estimate of drug-likeness (QED) is 0.766. The van der Waals surface area contributed by atoms with Crippen LogP contribution in [0.15, 0.2) is 47.4 Å². The number of carbonyl (C=O) groups excluding carboxylic acids is 1. The van der Waals surface area contributed by atoms with Crippen molar-refractivity contribution < 1.29 is 22.3 Å². The summed E-state index contributed by atoms with van der Waals surface area (Å²) in [4.78, 5) is 11.8. The Balaban J connectivity index is 1.87. The van der Waals surface area contributed by atoms with Gasteiger partial charge < -0.3 is 10.1 Å². The molecular formula is C16H16ClFN2O4S. The molecule has 0 aliphatic heterocycles. The zero-order valence-electron chi connectivity index (χ0n) is 13.3. The first-order valence-corrected chi connectivity index (χ1v) is 9.06. The number of ether oxygens (including phenoxy) is 1. The monoisotopic (exact) mass is 386 g/mol. The number of methoxy groups -OCH3 is 1. The van der Waals surface area contributed by atoms with Gasteiger partial charge in [-0.15, -0.1) is 0 Å². The lowest BCUT2D eigenvalue weighted by Gasteiger charge is -2.09. The van der Waals surface area contributed by atoms with Gasteiger partial charge in [-0.1, -0.05) is 11.6 Å². The van der Waals surface area contributed by atoms with Crippen molar-refractivity contribution >= 4 is 33.2 Å². The molecule has 2 aromatic carbocycles. The number of nitrogens with one attached hydrogen (secondary N) is 2. The lowest BCUT2D eigenvalue weighted by atomic mass is 10.3. The van der Waals surface area contributed by atoms with Gasteiger partial charge in [0.25, 0.3) is 0 Å². The molecule has 0 bridgehead atoms. The second-order valence-corrected chi connectivity index (χ2v) is 7.17. The first-order chi connectivity index (χ1) is 11.8. The zero-order valence-corrected chi connectivity index (χ0v) is 14.8. The molecule has 0 saturated carbocycles. The molecule has 0 atom stereocenters. The van der Waals surface area contributed by atoms with Crippen molar-refractivity contribution in [1.82, 2.24) is 4.72 Å². The van der Waals surface area contributed by atoms with Gasteiger partial charge in [0.05, 0.1) is 17.0 Å². The molecule has 0 heterocycles. The van der Waals surface area contributed by atoms with Gasteiger partial charge in [-0.2, -0.15) is 0 Å². The fourth-order valence-electron chi connectivity index (χ4n) is 1.96. The van der Waals surface area contributed by atoms with Gasteiger partial charge in [0.2, 0.25) is 15.9 Å². The van der Waals surface area contributed by atoms with Crippen LogP contribution in [-0.2, 0) is 14.8 Å². The van der Waals surface area contributed by atoms with Crippen LogP contribution in [0.2, 0.25) is 5.02 Å². The first-order valence-electron chi connectivity index (χ1n) is 7.20. The van der Waals surface area contributed by atoms with Crippen LogP contribution in [0.5, 0.6) is 5.75 Å². The lowest BCUT2D eigenvalue weighted by Crippen LogP contribution is -2.27. The van der Waals surface area contributed by atoms with Gasteiger partial charge in [-0.3, -0.25) is 4.79 Å². The Morgan fingerprint density at radius 2 is 1.88 bits per heavy atom. The normalized spacial score (nSPS) is 11.2. The number of rotatable bonds is 7. The molecule has 0 fully saturated rings. The minimum absolute atomic E-state index is 0.0729. The van der Waals surface area contributed by atoms with E-state index in [-0.39, 0.29) is 23.8 Å². The van der Waals surface area contributed by atoms with E-state index in [0.29, 0.717) is 16.5 Å². The summed E-state index contributed by atoms with van der Waals surface area (Å²) in [5, 5.41) is 2.95. The predicted molar refractivity (Wildman–Crippen MR) is 92.8 cm³/mol. The molecule has 0 spiro atoms. The molecule has 9 heteroatoms. The smallest absolute Gasteiger partial charge is 0.240 e. The third-order valence-corrected chi connectivity index (χ3v) is 4.98. The highest BCUT2D eigenvalue weighted by Crippen LogP contribution is 2.27. The minimum Gasteiger partial charge on any atom is -0.495 e. The number of halogens is 2. The Bertz CT molecular complexity index is 857. The van der Waals surface area contributed by atoms with Gasteiger partial charge in [0, 0.05) is 18.7 Å². The van der Waals surface area contributed by atoms with E-state index in [1.807, 2.05) is 0 Å². The summed E-state index contributed by atoms with van der Waals surface area (Å²) in [5.41, 5.74) is 0.470. The summed E-state index contributed by atoms with van der Waals surface area (Å²) in [6.07, 6.45) is -0.0793. The SMILES string of the molecule is COc1ccc(NC(=O)CCNS(=O)(=O)c2ccc(F)cc2)cc1Cl. The van der Waals surface area contributed by atoms with Gasteiger partial charge in [-0.25, -0.2) is 17.5 Å². The van der Waals surface area contributed by atoms with Gasteiger partial charge in [0.15, 0.2) is 0 Å². The van der Waals surface area contributed by atoms with Crippen molar-refractivity contribution in [2.24, 2.45) is 0 Å². The summed E-state index contributed by atoms with van der Waals surface area (Å²) in [7, 11) is -2.32. The van der Waals surface area contributed by atoms with Crippen molar-refractivity contribution in [3.8, 4) is 5.75 Å². The average Bonchev–Trinajstić information content (AvgIpc) is 2.55. The molecule has 2 rings (SSSR count). The third kappa shape index (κ3) is 5.42. The van der Waals surface area contributed by atoms with E-state index in [2.05, 4.69) is 10.0 Å². The number of benzene rings is 2. The number of anilines is 1. The number of amides is 1. The third-order valence-electron chi connectivity index (χ3n) is 3.20. The van der Waals surface area contributed by atoms with E-state index in [9.17, 15) is 17.6 Å². The molecule has 0 unspecified atom stereocenters. The summed E-state index contributed by atoms with van der Waals surface area (Å²) >= 11 is 5.96. The van der Waals surface area contributed by atoms with E-state index < -0.39 is 15.8 Å². The van der Waals surface area contributed by atoms with Crippen LogP contribution in [0, 0.1) is 5.82 Å². The molecule has 0 saturated heterocycles. The number of carbonyl (C=O) groups is 1. The van der Waals surface area contributed by atoms with Crippen molar-refractivity contribution in [3.05, 3.63) is 53.3 Å². The van der Waals surface area contributed by atoms with Crippen LogP contribution in [0.3, 0.4) is 0 Å². The van der Waals surface area contributed by atoms with Crippen LogP contribution in [-0.4, -0.2) is 28.0 Å². The van der Waals surface area contributed by atoms with Gasteiger partial charge >= 0.3 is 0 Å². The highest BCUT2D eigenvalue weighted by atomic mass is 35.5. The highest BCUT2D eigenvalue weighted by Gasteiger charge is 2.14. The van der Waals surface area contributed by atoms with Crippen molar-refractivity contribution in [2.45, 2.75) is 11.3 Å². The molecule has 0 aliphatic carbocycles. The fraction of sp³-hybridized carbons (Fsp3) is 0.188. The Morgan fingerprint density at radius 3 is 2.48 bits per heavy atom. The molecule has 1 amide bonds. The molecule has 25 heavy (non-hydrogen) atoms. The molecule has 6 nitrogen and oxygen atoms in total. The topological polar surface area (TPSA) is 84.5 Å². The molecular weight excluding hydrogens is 371 g/mol.